The summed E-state index contributed by atoms with van der Waals surface area (Å²) < 4.78 is 13.0. The van der Waals surface area contributed by atoms with Crippen LogP contribution in [0.2, 0.25) is 0 Å². The van der Waals surface area contributed by atoms with Crippen LogP contribution >= 0.6 is 0 Å². The highest BCUT2D eigenvalue weighted by atomic mass is 16.5. The van der Waals surface area contributed by atoms with Gasteiger partial charge in [0.1, 0.15) is 18.1 Å². The molecule has 2 heterocycles. The molecule has 30 heavy (non-hydrogen) atoms. The van der Waals surface area contributed by atoms with Crippen LogP contribution < -0.4 is 27.2 Å². The minimum atomic E-state index is -0.405. The van der Waals surface area contributed by atoms with Crippen molar-refractivity contribution in [3.8, 4) is 5.75 Å². The van der Waals surface area contributed by atoms with Gasteiger partial charge >= 0.3 is 5.69 Å². The van der Waals surface area contributed by atoms with E-state index in [4.69, 9.17) is 20.9 Å². The van der Waals surface area contributed by atoms with E-state index in [0.29, 0.717) is 54.4 Å². The fourth-order valence-corrected chi connectivity index (χ4v) is 3.82. The lowest BCUT2D eigenvalue weighted by atomic mass is 9.80. The van der Waals surface area contributed by atoms with Gasteiger partial charge in [0, 0.05) is 12.2 Å². The van der Waals surface area contributed by atoms with E-state index in [1.54, 1.807) is 12.3 Å². The Morgan fingerprint density at radius 2 is 2.10 bits per heavy atom. The second-order valence-corrected chi connectivity index (χ2v) is 7.58. The molecule has 0 spiro atoms. The third-order valence-corrected chi connectivity index (χ3v) is 5.55. The summed E-state index contributed by atoms with van der Waals surface area (Å²) in [5, 5.41) is 3.11. The Kier molecular flexibility index (Phi) is 7.12. The van der Waals surface area contributed by atoms with Crippen LogP contribution in [-0.2, 0) is 4.74 Å². The lowest BCUT2D eigenvalue weighted by molar-refractivity contribution is 0.228. The second-order valence-electron chi connectivity index (χ2n) is 7.58. The zero-order valence-electron chi connectivity index (χ0n) is 17.5. The molecule has 162 valence electrons. The minimum Gasteiger partial charge on any atom is -0.491 e. The van der Waals surface area contributed by atoms with Gasteiger partial charge in [-0.25, -0.2) is 4.79 Å². The van der Waals surface area contributed by atoms with Crippen molar-refractivity contribution >= 4 is 11.5 Å². The van der Waals surface area contributed by atoms with Crippen LogP contribution in [-0.4, -0.2) is 29.2 Å². The maximum atomic E-state index is 12.7. The van der Waals surface area contributed by atoms with Crippen molar-refractivity contribution in [2.24, 2.45) is 23.3 Å². The van der Waals surface area contributed by atoms with E-state index in [9.17, 15) is 4.79 Å². The van der Waals surface area contributed by atoms with Gasteiger partial charge in [-0.1, -0.05) is 19.2 Å². The molecule has 1 aromatic rings. The van der Waals surface area contributed by atoms with Crippen LogP contribution in [0.3, 0.4) is 0 Å². The molecule has 1 saturated carbocycles. The number of anilines is 1. The van der Waals surface area contributed by atoms with E-state index in [1.807, 2.05) is 13.0 Å². The molecular weight excluding hydrogens is 382 g/mol. The summed E-state index contributed by atoms with van der Waals surface area (Å²) in [6.45, 7) is 11.4. The smallest absolute Gasteiger partial charge is 0.354 e. The molecule has 1 aromatic heterocycles. The van der Waals surface area contributed by atoms with E-state index >= 15 is 0 Å². The van der Waals surface area contributed by atoms with E-state index in [1.165, 1.54) is 4.57 Å². The van der Waals surface area contributed by atoms with Gasteiger partial charge in [0.25, 0.3) is 0 Å². The molecule has 2 aliphatic rings. The third kappa shape index (κ3) is 4.66. The van der Waals surface area contributed by atoms with E-state index in [0.717, 1.165) is 31.4 Å². The van der Waals surface area contributed by atoms with Gasteiger partial charge in [0.2, 0.25) is 0 Å². The number of hydrogen-bond donors (Lipinski definition) is 3. The van der Waals surface area contributed by atoms with Crippen molar-refractivity contribution < 1.29 is 9.47 Å². The zero-order chi connectivity index (χ0) is 21.7. The topological polar surface area (TPSA) is 117 Å². The molecule has 0 radical (unpaired) electrons. The van der Waals surface area contributed by atoms with Gasteiger partial charge in [0.05, 0.1) is 6.20 Å². The maximum absolute atomic E-state index is 12.7. The minimum absolute atomic E-state index is 0.229. The number of nitrogens with one attached hydrogen (secondary N) is 1. The van der Waals surface area contributed by atoms with Crippen LogP contribution in [0.4, 0.5) is 5.82 Å². The number of rotatable bonds is 8. The predicted octanol–water partition coefficient (Wildman–Crippen LogP) is 2.56. The summed E-state index contributed by atoms with van der Waals surface area (Å²) in [7, 11) is 0. The highest BCUT2D eigenvalue weighted by molar-refractivity contribution is 5.62. The van der Waals surface area contributed by atoms with E-state index in [-0.39, 0.29) is 5.92 Å². The summed E-state index contributed by atoms with van der Waals surface area (Å²) in [5.41, 5.74) is 12.1. The van der Waals surface area contributed by atoms with Gasteiger partial charge < -0.3 is 26.3 Å². The highest BCUT2D eigenvalue weighted by Gasteiger charge is 2.27. The molecule has 0 aromatic carbocycles. The monoisotopic (exact) mass is 413 g/mol. The van der Waals surface area contributed by atoms with Crippen LogP contribution in [0.15, 0.2) is 53.5 Å². The SMILES string of the molecule is C=C(OCCN)C1=C(/C=C\C)Oc2cn(C(=C)C3CCC(CN)CC3)c(=O)nc2N1. The molecule has 0 amide bonds. The lowest BCUT2D eigenvalue weighted by Gasteiger charge is -2.30. The number of fused-ring (bicyclic) bond motifs is 1. The van der Waals surface area contributed by atoms with Gasteiger partial charge in [-0.2, -0.15) is 4.98 Å². The molecular formula is C22H31N5O3. The first kappa shape index (κ1) is 21.9. The molecule has 1 aliphatic carbocycles. The van der Waals surface area contributed by atoms with Crippen molar-refractivity contribution in [2.45, 2.75) is 32.6 Å². The predicted molar refractivity (Wildman–Crippen MR) is 119 cm³/mol. The van der Waals surface area contributed by atoms with Crippen molar-refractivity contribution in [3.05, 3.63) is 59.2 Å². The zero-order valence-corrected chi connectivity index (χ0v) is 17.5. The molecule has 0 atom stereocenters. The normalized spacial score (nSPS) is 21.0. The molecule has 3 rings (SSSR count). The van der Waals surface area contributed by atoms with Crippen molar-refractivity contribution in [1.29, 1.82) is 0 Å². The van der Waals surface area contributed by atoms with Crippen LogP contribution in [0.25, 0.3) is 5.70 Å². The van der Waals surface area contributed by atoms with Crippen molar-refractivity contribution in [2.75, 3.05) is 25.0 Å². The highest BCUT2D eigenvalue weighted by Crippen LogP contribution is 2.36. The Balaban J connectivity index is 1.85. The lowest BCUT2D eigenvalue weighted by Crippen LogP contribution is -2.30. The molecule has 8 heteroatoms. The summed E-state index contributed by atoms with van der Waals surface area (Å²) in [6.07, 6.45) is 9.32. The quantitative estimate of drug-likeness (QED) is 0.561. The van der Waals surface area contributed by atoms with E-state index in [2.05, 4.69) is 23.5 Å². The Labute approximate surface area is 176 Å². The maximum Gasteiger partial charge on any atom is 0.354 e. The second kappa shape index (κ2) is 9.77. The molecule has 1 aliphatic heterocycles. The van der Waals surface area contributed by atoms with Crippen molar-refractivity contribution in [3.63, 3.8) is 0 Å². The summed E-state index contributed by atoms with van der Waals surface area (Å²) >= 11 is 0. The van der Waals surface area contributed by atoms with Gasteiger partial charge in [-0.15, -0.1) is 0 Å². The largest absolute Gasteiger partial charge is 0.491 e. The first-order valence-electron chi connectivity index (χ1n) is 10.3. The molecule has 0 saturated heterocycles. The molecule has 1 fully saturated rings. The molecule has 5 N–H and O–H groups in total. The Morgan fingerprint density at radius 3 is 2.73 bits per heavy atom. The number of ether oxygens (including phenoxy) is 2. The standard InChI is InChI=1S/C22H31N5O3/c1-4-5-18-20(15(3)29-11-10-23)25-21-19(30-18)13-27(22(28)26-21)14(2)17-8-6-16(12-24)7-9-17/h4-5,13,16-17H,2-3,6-12,23-24H2,1H3,(H,25,26,28)/b5-4-. The summed E-state index contributed by atoms with van der Waals surface area (Å²) in [5.74, 6) is 2.43. The van der Waals surface area contributed by atoms with E-state index < -0.39 is 5.69 Å². The van der Waals surface area contributed by atoms with Crippen LogP contribution in [0, 0.1) is 11.8 Å². The molecule has 8 nitrogen and oxygen atoms in total. The van der Waals surface area contributed by atoms with Crippen molar-refractivity contribution in [1.82, 2.24) is 9.55 Å². The van der Waals surface area contributed by atoms with Crippen LogP contribution in [0.5, 0.6) is 5.75 Å². The number of allylic oxidation sites excluding steroid dienone is 3. The van der Waals surface area contributed by atoms with Gasteiger partial charge in [0.15, 0.2) is 17.3 Å². The number of nitrogens with zero attached hydrogens (tertiary/aromatic N) is 2. The number of aromatic nitrogens is 2. The van der Waals surface area contributed by atoms with Gasteiger partial charge in [-0.05, 0) is 57.1 Å². The average Bonchev–Trinajstić information content (AvgIpc) is 2.76. The Morgan fingerprint density at radius 1 is 1.37 bits per heavy atom. The Bertz CT molecular complexity index is 923. The Hall–Kier alpha value is -2.84. The number of hydrogen-bond acceptors (Lipinski definition) is 7. The van der Waals surface area contributed by atoms with Crippen LogP contribution in [0.1, 0.15) is 32.6 Å². The molecule has 0 bridgehead atoms. The first-order valence-corrected chi connectivity index (χ1v) is 10.3. The third-order valence-electron chi connectivity index (χ3n) is 5.55. The fourth-order valence-electron chi connectivity index (χ4n) is 3.82. The molecule has 0 unspecified atom stereocenters. The summed E-state index contributed by atoms with van der Waals surface area (Å²) in [6, 6.07) is 0. The summed E-state index contributed by atoms with van der Waals surface area (Å²) in [4.78, 5) is 16.9. The van der Waals surface area contributed by atoms with Gasteiger partial charge in [-0.3, -0.25) is 4.57 Å². The first-order chi connectivity index (χ1) is 14.5. The average molecular weight is 414 g/mol. The fraction of sp³-hybridized carbons (Fsp3) is 0.455. The number of nitrogens with two attached hydrogens (primary N) is 2.